The smallest absolute Gasteiger partial charge is 0.247 e. The molecule has 0 saturated carbocycles. The molecule has 0 saturated heterocycles. The normalized spacial score (nSPS) is 11.7. The lowest BCUT2D eigenvalue weighted by atomic mass is 10.2. The zero-order chi connectivity index (χ0) is 21.7. The van der Waals surface area contributed by atoms with Crippen molar-refractivity contribution in [1.82, 2.24) is 14.1 Å². The summed E-state index contributed by atoms with van der Waals surface area (Å²) < 4.78 is 30.3. The van der Waals surface area contributed by atoms with Crippen LogP contribution in [0.15, 0.2) is 102 Å². The van der Waals surface area contributed by atoms with Crippen molar-refractivity contribution in [3.05, 3.63) is 103 Å². The second kappa shape index (κ2) is 9.26. The molecule has 0 radical (unpaired) electrons. The summed E-state index contributed by atoms with van der Waals surface area (Å²) in [6.07, 6.45) is 1.54. The summed E-state index contributed by atoms with van der Waals surface area (Å²) in [6, 6.07) is 28.0. The van der Waals surface area contributed by atoms with E-state index in [9.17, 15) is 13.5 Å². The fourth-order valence-corrected chi connectivity index (χ4v) is 4.93. The van der Waals surface area contributed by atoms with Gasteiger partial charge in [-0.3, -0.25) is 0 Å². The van der Waals surface area contributed by atoms with Gasteiger partial charge >= 0.3 is 0 Å². The monoisotopic (exact) mass is 433 g/mol. The van der Waals surface area contributed by atoms with E-state index in [0.29, 0.717) is 11.3 Å². The summed E-state index contributed by atoms with van der Waals surface area (Å²) in [5.74, 6) is 0. The van der Waals surface area contributed by atoms with E-state index < -0.39 is 10.0 Å². The number of para-hydroxylation sites is 1. The van der Waals surface area contributed by atoms with Crippen LogP contribution in [0.1, 0.15) is 5.56 Å². The molecule has 1 N–H and O–H groups in total. The van der Waals surface area contributed by atoms with Crippen LogP contribution < -0.4 is 0 Å². The highest BCUT2D eigenvalue weighted by Crippen LogP contribution is 2.30. The molecule has 4 rings (SSSR count). The number of hydrogen-bond acceptors (Lipinski definition) is 4. The van der Waals surface area contributed by atoms with E-state index in [1.807, 2.05) is 91.0 Å². The number of benzene rings is 3. The minimum Gasteiger partial charge on any atom is -0.395 e. The maximum Gasteiger partial charge on any atom is 0.247 e. The molecular weight excluding hydrogens is 410 g/mol. The first-order valence-electron chi connectivity index (χ1n) is 9.95. The highest BCUT2D eigenvalue weighted by atomic mass is 32.2. The number of aliphatic hydroxyl groups is 1. The summed E-state index contributed by atoms with van der Waals surface area (Å²) in [7, 11) is -3.94. The van der Waals surface area contributed by atoms with Crippen LogP contribution in [-0.4, -0.2) is 40.8 Å². The fourth-order valence-electron chi connectivity index (χ4n) is 3.38. The van der Waals surface area contributed by atoms with Crippen LogP contribution in [0.2, 0.25) is 0 Å². The Labute approximate surface area is 182 Å². The van der Waals surface area contributed by atoms with Gasteiger partial charge in [-0.15, -0.1) is 0 Å². The SMILES string of the molecule is O=S(=O)(c1cn(-c2ccccc2)nc1-c1ccccc1)N(CCO)Cc1ccccc1. The molecule has 4 aromatic rings. The van der Waals surface area contributed by atoms with Gasteiger partial charge in [-0.25, -0.2) is 13.1 Å². The Balaban J connectivity index is 1.82. The van der Waals surface area contributed by atoms with E-state index in [0.717, 1.165) is 11.3 Å². The lowest BCUT2D eigenvalue weighted by Crippen LogP contribution is -2.33. The van der Waals surface area contributed by atoms with Crippen molar-refractivity contribution in [2.75, 3.05) is 13.2 Å². The molecule has 7 heteroatoms. The molecule has 0 spiro atoms. The molecule has 1 aromatic heterocycles. The second-order valence-electron chi connectivity index (χ2n) is 7.04. The van der Waals surface area contributed by atoms with Crippen molar-refractivity contribution in [3.63, 3.8) is 0 Å². The average molecular weight is 434 g/mol. The van der Waals surface area contributed by atoms with Crippen molar-refractivity contribution in [3.8, 4) is 16.9 Å². The van der Waals surface area contributed by atoms with Crippen LogP contribution in [0.5, 0.6) is 0 Å². The summed E-state index contributed by atoms with van der Waals surface area (Å²) in [5.41, 5.74) is 2.69. The summed E-state index contributed by atoms with van der Waals surface area (Å²) in [4.78, 5) is 0.104. The molecule has 31 heavy (non-hydrogen) atoms. The van der Waals surface area contributed by atoms with Crippen molar-refractivity contribution in [2.45, 2.75) is 11.4 Å². The maximum atomic E-state index is 13.7. The summed E-state index contributed by atoms with van der Waals surface area (Å²) >= 11 is 0. The molecule has 158 valence electrons. The van der Waals surface area contributed by atoms with Crippen molar-refractivity contribution in [2.24, 2.45) is 0 Å². The molecule has 0 fully saturated rings. The largest absolute Gasteiger partial charge is 0.395 e. The van der Waals surface area contributed by atoms with E-state index in [1.54, 1.807) is 10.9 Å². The van der Waals surface area contributed by atoms with Gasteiger partial charge in [-0.05, 0) is 17.7 Å². The standard InChI is InChI=1S/C24H23N3O3S/c28-17-16-26(18-20-10-4-1-5-11-20)31(29,30)23-19-27(22-14-8-3-9-15-22)25-24(23)21-12-6-2-7-13-21/h1-15,19,28H,16-18H2. The molecular formula is C24H23N3O3S. The first-order valence-corrected chi connectivity index (χ1v) is 11.4. The lowest BCUT2D eigenvalue weighted by Gasteiger charge is -2.21. The van der Waals surface area contributed by atoms with Gasteiger partial charge < -0.3 is 5.11 Å². The quantitative estimate of drug-likeness (QED) is 0.460. The van der Waals surface area contributed by atoms with Crippen LogP contribution in [0.3, 0.4) is 0 Å². The van der Waals surface area contributed by atoms with Crippen LogP contribution in [0.25, 0.3) is 16.9 Å². The van der Waals surface area contributed by atoms with Crippen molar-refractivity contribution < 1.29 is 13.5 Å². The van der Waals surface area contributed by atoms with Gasteiger partial charge in [-0.1, -0.05) is 78.9 Å². The van der Waals surface area contributed by atoms with E-state index >= 15 is 0 Å². The number of sulfonamides is 1. The first kappa shape index (κ1) is 21.0. The van der Waals surface area contributed by atoms with E-state index in [-0.39, 0.29) is 24.6 Å². The molecule has 0 aliphatic carbocycles. The molecule has 0 aliphatic rings. The third-order valence-corrected chi connectivity index (χ3v) is 6.76. The Hall–Kier alpha value is -3.26. The van der Waals surface area contributed by atoms with E-state index in [2.05, 4.69) is 5.10 Å². The molecule has 6 nitrogen and oxygen atoms in total. The van der Waals surface area contributed by atoms with Gasteiger partial charge in [-0.2, -0.15) is 9.40 Å². The fraction of sp³-hybridized carbons (Fsp3) is 0.125. The molecule has 1 heterocycles. The van der Waals surface area contributed by atoms with Gasteiger partial charge in [0.05, 0.1) is 18.5 Å². The Morgan fingerprint density at radius 2 is 1.42 bits per heavy atom. The number of nitrogens with zero attached hydrogens (tertiary/aromatic N) is 3. The second-order valence-corrected chi connectivity index (χ2v) is 8.94. The predicted octanol–water partition coefficient (Wildman–Crippen LogP) is 3.72. The maximum absolute atomic E-state index is 13.7. The molecule has 0 unspecified atom stereocenters. The van der Waals surface area contributed by atoms with Gasteiger partial charge in [0.1, 0.15) is 10.6 Å². The minimum atomic E-state index is -3.94. The van der Waals surface area contributed by atoms with Gasteiger partial charge in [0.25, 0.3) is 0 Å². The zero-order valence-corrected chi connectivity index (χ0v) is 17.7. The Morgan fingerprint density at radius 3 is 2.03 bits per heavy atom. The van der Waals surface area contributed by atoms with E-state index in [1.165, 1.54) is 4.31 Å². The Bertz CT molecular complexity index is 1230. The van der Waals surface area contributed by atoms with Crippen LogP contribution >= 0.6 is 0 Å². The molecule has 3 aromatic carbocycles. The van der Waals surface area contributed by atoms with Crippen LogP contribution in [0.4, 0.5) is 0 Å². The van der Waals surface area contributed by atoms with Gasteiger partial charge in [0.2, 0.25) is 10.0 Å². The highest BCUT2D eigenvalue weighted by Gasteiger charge is 2.30. The van der Waals surface area contributed by atoms with Gasteiger partial charge in [0.15, 0.2) is 0 Å². The zero-order valence-electron chi connectivity index (χ0n) is 16.9. The van der Waals surface area contributed by atoms with E-state index in [4.69, 9.17) is 0 Å². The van der Waals surface area contributed by atoms with Crippen LogP contribution in [-0.2, 0) is 16.6 Å². The van der Waals surface area contributed by atoms with Crippen LogP contribution in [0, 0.1) is 0 Å². The van der Waals surface area contributed by atoms with Gasteiger partial charge in [0, 0.05) is 18.7 Å². The number of aromatic nitrogens is 2. The Kier molecular flexibility index (Phi) is 6.27. The van der Waals surface area contributed by atoms with Crippen molar-refractivity contribution in [1.29, 1.82) is 0 Å². The highest BCUT2D eigenvalue weighted by molar-refractivity contribution is 7.89. The Morgan fingerprint density at radius 1 is 0.839 bits per heavy atom. The third-order valence-electron chi connectivity index (χ3n) is 4.92. The molecule has 0 atom stereocenters. The molecule has 0 amide bonds. The average Bonchev–Trinajstić information content (AvgIpc) is 3.27. The topological polar surface area (TPSA) is 75.4 Å². The predicted molar refractivity (Wildman–Crippen MR) is 120 cm³/mol. The lowest BCUT2D eigenvalue weighted by molar-refractivity contribution is 0.251. The number of rotatable bonds is 8. The first-order chi connectivity index (χ1) is 15.1. The summed E-state index contributed by atoms with van der Waals surface area (Å²) in [6.45, 7) is -0.129. The number of aliphatic hydroxyl groups excluding tert-OH is 1. The summed E-state index contributed by atoms with van der Waals surface area (Å²) in [5, 5.41) is 14.2. The molecule has 0 aliphatic heterocycles. The molecule has 0 bridgehead atoms. The minimum absolute atomic E-state index is 0.0119. The van der Waals surface area contributed by atoms with Crippen molar-refractivity contribution >= 4 is 10.0 Å². The third kappa shape index (κ3) is 4.59. The number of hydrogen-bond donors (Lipinski definition) is 1.